The summed E-state index contributed by atoms with van der Waals surface area (Å²) in [7, 11) is 0. The van der Waals surface area contributed by atoms with Crippen LogP contribution in [-0.4, -0.2) is 4.57 Å². The summed E-state index contributed by atoms with van der Waals surface area (Å²) in [5.74, 6) is 0. The van der Waals surface area contributed by atoms with Crippen LogP contribution in [0.5, 0.6) is 0 Å². The lowest BCUT2D eigenvalue weighted by molar-refractivity contribution is 1.18. The van der Waals surface area contributed by atoms with Crippen LogP contribution >= 0.6 is 11.3 Å². The van der Waals surface area contributed by atoms with Crippen LogP contribution in [0.2, 0.25) is 0 Å². The molecule has 0 fully saturated rings. The molecule has 0 aliphatic carbocycles. The van der Waals surface area contributed by atoms with Crippen molar-refractivity contribution in [2.24, 2.45) is 0 Å². The highest BCUT2D eigenvalue weighted by molar-refractivity contribution is 7.27. The molecule has 0 bridgehead atoms. The fourth-order valence-electron chi connectivity index (χ4n) is 8.57. The molecule has 0 aliphatic heterocycles. The smallest absolute Gasteiger partial charge is 0.0640 e. The van der Waals surface area contributed by atoms with E-state index in [1.165, 1.54) is 86.7 Å². The maximum absolute atomic E-state index is 2.43. The first-order chi connectivity index (χ1) is 28.3. The van der Waals surface area contributed by atoms with E-state index in [9.17, 15) is 0 Å². The summed E-state index contributed by atoms with van der Waals surface area (Å²) in [6.07, 6.45) is 0. The summed E-state index contributed by atoms with van der Waals surface area (Å²) in [6, 6.07) is 79.2. The zero-order valence-corrected chi connectivity index (χ0v) is 31.9. The molecule has 2 heterocycles. The van der Waals surface area contributed by atoms with Crippen molar-refractivity contribution in [3.05, 3.63) is 218 Å². The number of benzene rings is 9. The van der Waals surface area contributed by atoms with Gasteiger partial charge < -0.3 is 9.47 Å². The van der Waals surface area contributed by atoms with Crippen LogP contribution in [0.4, 0.5) is 17.1 Å². The van der Waals surface area contributed by atoms with Gasteiger partial charge in [0.2, 0.25) is 0 Å². The number of para-hydroxylation sites is 3. The van der Waals surface area contributed by atoms with E-state index in [4.69, 9.17) is 0 Å². The Bertz CT molecular complexity index is 3160. The van der Waals surface area contributed by atoms with Crippen molar-refractivity contribution in [2.45, 2.75) is 0 Å². The number of rotatable bonds is 7. The Balaban J connectivity index is 1.07. The van der Waals surface area contributed by atoms with Gasteiger partial charge in [-0.3, -0.25) is 0 Å². The SMILES string of the molecule is c1ccc(-c2ccc(N(c3ccc(-c4ccccc4-n4c5ccccc5c5ccccc54)cc3)c3cccc4c3sc3c(-c5ccccc5)cccc34)cc2)cc1. The van der Waals surface area contributed by atoms with Crippen LogP contribution in [0, 0.1) is 0 Å². The third-order valence-electron chi connectivity index (χ3n) is 11.2. The van der Waals surface area contributed by atoms with E-state index in [0.717, 1.165) is 11.4 Å². The predicted molar refractivity (Wildman–Crippen MR) is 245 cm³/mol. The molecule has 2 aromatic heterocycles. The molecule has 0 amide bonds. The molecular formula is C54H36N2S. The number of aromatic nitrogens is 1. The van der Waals surface area contributed by atoms with Crippen molar-refractivity contribution in [3.8, 4) is 39.1 Å². The van der Waals surface area contributed by atoms with Gasteiger partial charge in [0, 0.05) is 43.2 Å². The van der Waals surface area contributed by atoms with Gasteiger partial charge in [-0.05, 0) is 76.3 Å². The zero-order chi connectivity index (χ0) is 37.7. The normalized spacial score (nSPS) is 11.5. The third kappa shape index (κ3) is 5.63. The van der Waals surface area contributed by atoms with Crippen LogP contribution in [-0.2, 0) is 0 Å². The molecule has 3 heteroatoms. The maximum Gasteiger partial charge on any atom is 0.0640 e. The Kier molecular flexibility index (Phi) is 8.04. The van der Waals surface area contributed by atoms with E-state index in [0.29, 0.717) is 0 Å². The number of fused-ring (bicyclic) bond motifs is 6. The van der Waals surface area contributed by atoms with Crippen LogP contribution in [0.15, 0.2) is 218 Å². The monoisotopic (exact) mass is 744 g/mol. The summed E-state index contributed by atoms with van der Waals surface area (Å²) in [4.78, 5) is 2.43. The van der Waals surface area contributed by atoms with Crippen molar-refractivity contribution in [1.29, 1.82) is 0 Å². The first kappa shape index (κ1) is 33.2. The van der Waals surface area contributed by atoms with Crippen molar-refractivity contribution in [3.63, 3.8) is 0 Å². The molecule has 0 saturated carbocycles. The lowest BCUT2D eigenvalue weighted by Crippen LogP contribution is -2.10. The minimum Gasteiger partial charge on any atom is -0.309 e. The van der Waals surface area contributed by atoms with Crippen LogP contribution < -0.4 is 4.90 Å². The Morgan fingerprint density at radius 2 is 0.772 bits per heavy atom. The number of nitrogens with zero attached hydrogens (tertiary/aromatic N) is 2. The van der Waals surface area contributed by atoms with Gasteiger partial charge in [-0.15, -0.1) is 11.3 Å². The van der Waals surface area contributed by atoms with Gasteiger partial charge >= 0.3 is 0 Å². The molecule has 2 nitrogen and oxygen atoms in total. The molecule has 11 rings (SSSR count). The molecule has 268 valence electrons. The second-order valence-electron chi connectivity index (χ2n) is 14.5. The molecule has 0 saturated heterocycles. The van der Waals surface area contributed by atoms with E-state index in [1.54, 1.807) is 0 Å². The van der Waals surface area contributed by atoms with E-state index >= 15 is 0 Å². The summed E-state index contributed by atoms with van der Waals surface area (Å²) in [6.45, 7) is 0. The first-order valence-corrected chi connectivity index (χ1v) is 20.3. The van der Waals surface area contributed by atoms with Crippen LogP contribution in [0.25, 0.3) is 81.0 Å². The van der Waals surface area contributed by atoms with Gasteiger partial charge in [-0.2, -0.15) is 0 Å². The highest BCUT2D eigenvalue weighted by Crippen LogP contribution is 2.47. The van der Waals surface area contributed by atoms with Crippen molar-refractivity contribution >= 4 is 70.4 Å². The molecule has 0 unspecified atom stereocenters. The van der Waals surface area contributed by atoms with Gasteiger partial charge in [0.1, 0.15) is 0 Å². The second-order valence-corrected chi connectivity index (χ2v) is 15.5. The molecule has 0 aliphatic rings. The zero-order valence-electron chi connectivity index (χ0n) is 31.1. The summed E-state index contributed by atoms with van der Waals surface area (Å²) >= 11 is 1.89. The maximum atomic E-state index is 2.43. The third-order valence-corrected chi connectivity index (χ3v) is 12.5. The Hall–Kier alpha value is -7.20. The fraction of sp³-hybridized carbons (Fsp3) is 0. The Morgan fingerprint density at radius 1 is 0.316 bits per heavy atom. The average Bonchev–Trinajstić information content (AvgIpc) is 3.84. The van der Waals surface area contributed by atoms with Crippen molar-refractivity contribution < 1.29 is 0 Å². The lowest BCUT2D eigenvalue weighted by atomic mass is 10.0. The highest BCUT2D eigenvalue weighted by Gasteiger charge is 2.21. The second kappa shape index (κ2) is 13.8. The quantitative estimate of drug-likeness (QED) is 0.158. The van der Waals surface area contributed by atoms with E-state index in [2.05, 4.69) is 228 Å². The standard InChI is InChI=1S/C54H36N2S/c1-3-15-37(16-4-1)38-29-33-41(34-30-38)55(52-28-14-24-48-47-23-13-22-44(53(47)57-54(48)52)39-17-5-2-6-18-39)42-35-31-40(32-36-42)43-19-7-10-25-49(43)56-50-26-11-8-20-45(50)46-21-9-12-27-51(46)56/h1-36H. The van der Waals surface area contributed by atoms with Crippen LogP contribution in [0.1, 0.15) is 0 Å². The van der Waals surface area contributed by atoms with Crippen molar-refractivity contribution in [1.82, 2.24) is 4.57 Å². The molecule has 0 spiro atoms. The Morgan fingerprint density at radius 3 is 1.44 bits per heavy atom. The number of hydrogen-bond acceptors (Lipinski definition) is 2. The fourth-order valence-corrected chi connectivity index (χ4v) is 9.91. The molecule has 11 aromatic rings. The molecule has 0 N–H and O–H groups in total. The lowest BCUT2D eigenvalue weighted by Gasteiger charge is -2.26. The van der Waals surface area contributed by atoms with E-state index < -0.39 is 0 Å². The van der Waals surface area contributed by atoms with Gasteiger partial charge in [-0.1, -0.05) is 170 Å². The molecule has 0 atom stereocenters. The minimum atomic E-state index is 1.11. The van der Waals surface area contributed by atoms with Gasteiger partial charge in [0.05, 0.1) is 27.1 Å². The minimum absolute atomic E-state index is 1.11. The largest absolute Gasteiger partial charge is 0.309 e. The molecular weight excluding hydrogens is 709 g/mol. The molecule has 57 heavy (non-hydrogen) atoms. The van der Waals surface area contributed by atoms with Gasteiger partial charge in [-0.25, -0.2) is 0 Å². The molecule has 0 radical (unpaired) electrons. The highest BCUT2D eigenvalue weighted by atomic mass is 32.1. The van der Waals surface area contributed by atoms with E-state index in [1.807, 2.05) is 11.3 Å². The average molecular weight is 745 g/mol. The van der Waals surface area contributed by atoms with Gasteiger partial charge in [0.25, 0.3) is 0 Å². The summed E-state index contributed by atoms with van der Waals surface area (Å²) in [5, 5.41) is 5.08. The number of hydrogen-bond donors (Lipinski definition) is 0. The van der Waals surface area contributed by atoms with Crippen molar-refractivity contribution in [2.75, 3.05) is 4.90 Å². The molecule has 9 aromatic carbocycles. The first-order valence-electron chi connectivity index (χ1n) is 19.4. The van der Waals surface area contributed by atoms with E-state index in [-0.39, 0.29) is 0 Å². The number of anilines is 3. The Labute approximate surface area is 335 Å². The summed E-state index contributed by atoms with van der Waals surface area (Å²) in [5.41, 5.74) is 14.2. The van der Waals surface area contributed by atoms with Crippen LogP contribution in [0.3, 0.4) is 0 Å². The topological polar surface area (TPSA) is 8.17 Å². The predicted octanol–water partition coefficient (Wildman–Crippen LogP) is 15.6. The number of thiophene rings is 1. The summed E-state index contributed by atoms with van der Waals surface area (Å²) < 4.78 is 4.99. The van der Waals surface area contributed by atoms with Gasteiger partial charge in [0.15, 0.2) is 0 Å².